The first-order chi connectivity index (χ1) is 6.60. The number of carbonyl (C=O) groups is 1. The van der Waals surface area contributed by atoms with Gasteiger partial charge in [0.25, 0.3) is 0 Å². The third-order valence-corrected chi connectivity index (χ3v) is 4.31. The van der Waals surface area contributed by atoms with Crippen LogP contribution < -0.4 is 4.74 Å². The molecule has 0 radical (unpaired) electrons. The second-order valence-corrected chi connectivity index (χ2v) is 4.75. The molecule has 0 spiro atoms. The van der Waals surface area contributed by atoms with E-state index in [0.29, 0.717) is 11.3 Å². The summed E-state index contributed by atoms with van der Waals surface area (Å²) in [4.78, 5) is 11.3. The number of hydrogen-bond acceptors (Lipinski definition) is 2. The third kappa shape index (κ3) is 2.61. The van der Waals surface area contributed by atoms with Crippen molar-refractivity contribution in [2.45, 2.75) is 0 Å². The Labute approximate surface area is 109 Å². The highest BCUT2D eigenvalue weighted by atomic mass is 127. The van der Waals surface area contributed by atoms with Crippen molar-refractivity contribution in [2.75, 3.05) is 13.0 Å². The van der Waals surface area contributed by atoms with Crippen molar-refractivity contribution in [3.8, 4) is 5.75 Å². The molecule has 14 heavy (non-hydrogen) atoms. The van der Waals surface area contributed by atoms with Gasteiger partial charge in [0.05, 0.1) is 17.5 Å². The molecule has 2 nitrogen and oxygen atoms in total. The molecule has 0 bridgehead atoms. The van der Waals surface area contributed by atoms with Gasteiger partial charge in [-0.2, -0.15) is 0 Å². The molecule has 0 fully saturated rings. The van der Waals surface area contributed by atoms with Crippen molar-refractivity contribution in [3.05, 3.63) is 25.7 Å². The summed E-state index contributed by atoms with van der Waals surface area (Å²) in [5.74, 6) is 0.529. The van der Waals surface area contributed by atoms with E-state index >= 15 is 0 Å². The van der Waals surface area contributed by atoms with E-state index in [1.54, 1.807) is 19.2 Å². The minimum atomic E-state index is -0.101. The van der Waals surface area contributed by atoms with E-state index in [2.05, 4.69) is 38.5 Å². The lowest BCUT2D eigenvalue weighted by Gasteiger charge is -2.07. The second-order valence-electron chi connectivity index (χ2n) is 2.53. The average molecular weight is 389 g/mol. The van der Waals surface area contributed by atoms with Gasteiger partial charge in [0.2, 0.25) is 0 Å². The van der Waals surface area contributed by atoms with Crippen LogP contribution in [0.2, 0.25) is 0 Å². The molecule has 0 aliphatic carbocycles. The minimum Gasteiger partial charge on any atom is -0.496 e. The van der Waals surface area contributed by atoms with Crippen LogP contribution in [0.25, 0.3) is 0 Å². The Hall–Kier alpha value is 0.190. The fourth-order valence-electron chi connectivity index (χ4n) is 0.951. The Kier molecular flexibility index (Phi) is 4.66. The van der Waals surface area contributed by atoms with Gasteiger partial charge in [-0.1, -0.05) is 0 Å². The number of Topliss-reactive ketones (excluding diaryl/α,β-unsaturated/α-hetero) is 1. The number of alkyl halides is 1. The molecule has 0 aliphatic heterocycles. The number of ketones is 1. The van der Waals surface area contributed by atoms with Crippen molar-refractivity contribution in [2.24, 2.45) is 0 Å². The van der Waals surface area contributed by atoms with E-state index in [9.17, 15) is 4.79 Å². The van der Waals surface area contributed by atoms with E-state index in [4.69, 9.17) is 16.3 Å². The van der Waals surface area contributed by atoms with E-state index < -0.39 is 0 Å². The quantitative estimate of drug-likeness (QED) is 0.450. The van der Waals surface area contributed by atoms with Crippen LogP contribution in [0.3, 0.4) is 0 Å². The van der Waals surface area contributed by atoms with Gasteiger partial charge in [-0.3, -0.25) is 4.79 Å². The van der Waals surface area contributed by atoms with E-state index in [1.165, 1.54) is 0 Å². The van der Waals surface area contributed by atoms with E-state index in [1.807, 2.05) is 0 Å². The van der Waals surface area contributed by atoms with E-state index in [0.717, 1.165) is 8.04 Å². The van der Waals surface area contributed by atoms with Crippen molar-refractivity contribution in [1.82, 2.24) is 0 Å². The summed E-state index contributed by atoms with van der Waals surface area (Å²) in [6, 6.07) is 3.45. The van der Waals surface area contributed by atoms with Crippen LogP contribution in [-0.2, 0) is 0 Å². The molecule has 76 valence electrons. The van der Waals surface area contributed by atoms with Crippen LogP contribution in [0.4, 0.5) is 0 Å². The Morgan fingerprint density at radius 2 is 2.29 bits per heavy atom. The van der Waals surface area contributed by atoms with Gasteiger partial charge in [0.1, 0.15) is 5.75 Å². The van der Waals surface area contributed by atoms with Crippen LogP contribution in [-0.4, -0.2) is 18.8 Å². The topological polar surface area (TPSA) is 26.3 Å². The molecule has 0 aromatic heterocycles. The standard InChI is InChI=1S/C9H7BrClIO2/c1-14-8-3-5(7(13)4-11)2-6(12)9(8)10/h2-3H,4H2,1H3. The third-order valence-electron chi connectivity index (χ3n) is 1.66. The van der Waals surface area contributed by atoms with Crippen molar-refractivity contribution in [1.29, 1.82) is 0 Å². The fraction of sp³-hybridized carbons (Fsp3) is 0.222. The highest BCUT2D eigenvalue weighted by molar-refractivity contribution is 14.1. The van der Waals surface area contributed by atoms with Crippen LogP contribution >= 0.6 is 50.1 Å². The number of halogens is 3. The Balaban J connectivity index is 3.22. The lowest BCUT2D eigenvalue weighted by molar-refractivity contribution is 0.102. The molecule has 0 aliphatic rings. The molecular formula is C9H7BrClIO2. The number of ether oxygens (including phenoxy) is 1. The average Bonchev–Trinajstić information content (AvgIpc) is 2.20. The maximum absolute atomic E-state index is 11.3. The molecule has 0 saturated carbocycles. The number of rotatable bonds is 3. The summed E-state index contributed by atoms with van der Waals surface area (Å²) >= 11 is 11.0. The summed E-state index contributed by atoms with van der Waals surface area (Å²) in [6.45, 7) is 0. The Morgan fingerprint density at radius 1 is 1.64 bits per heavy atom. The summed E-state index contributed by atoms with van der Waals surface area (Å²) in [7, 11) is 1.56. The van der Waals surface area contributed by atoms with Crippen molar-refractivity contribution < 1.29 is 9.53 Å². The van der Waals surface area contributed by atoms with Crippen LogP contribution in [0.1, 0.15) is 10.4 Å². The molecule has 0 saturated heterocycles. The lowest BCUT2D eigenvalue weighted by Crippen LogP contribution is -2.02. The zero-order chi connectivity index (χ0) is 10.7. The molecule has 0 heterocycles. The van der Waals surface area contributed by atoms with Gasteiger partial charge >= 0.3 is 0 Å². The largest absolute Gasteiger partial charge is 0.496 e. The van der Waals surface area contributed by atoms with Crippen LogP contribution in [0.5, 0.6) is 5.75 Å². The smallest absolute Gasteiger partial charge is 0.177 e. The zero-order valence-electron chi connectivity index (χ0n) is 7.31. The normalized spacial score (nSPS) is 10.0. The first kappa shape index (κ1) is 12.3. The molecule has 0 unspecified atom stereocenters. The van der Waals surface area contributed by atoms with Gasteiger partial charge in [0, 0.05) is 9.13 Å². The number of carbonyl (C=O) groups excluding carboxylic acids is 1. The van der Waals surface area contributed by atoms with E-state index in [-0.39, 0.29) is 11.7 Å². The molecule has 0 N–H and O–H groups in total. The highest BCUT2D eigenvalue weighted by Crippen LogP contribution is 2.31. The monoisotopic (exact) mass is 388 g/mol. The zero-order valence-corrected chi connectivity index (χ0v) is 11.8. The predicted molar refractivity (Wildman–Crippen MR) is 68.5 cm³/mol. The maximum atomic E-state index is 11.3. The number of methoxy groups -OCH3 is 1. The molecule has 1 aromatic rings. The Bertz CT molecular complexity index is 368. The van der Waals surface area contributed by atoms with Gasteiger partial charge < -0.3 is 4.74 Å². The summed E-state index contributed by atoms with van der Waals surface area (Å²) < 4.78 is 6.89. The second kappa shape index (κ2) is 5.32. The first-order valence-electron chi connectivity index (χ1n) is 3.72. The van der Waals surface area contributed by atoms with Gasteiger partial charge in [-0.05, 0) is 50.7 Å². The number of benzene rings is 1. The summed E-state index contributed by atoms with van der Waals surface area (Å²) in [5, 5.41) is 0. The lowest BCUT2D eigenvalue weighted by atomic mass is 10.1. The minimum absolute atomic E-state index is 0.0130. The fourth-order valence-corrected chi connectivity index (χ4v) is 2.10. The van der Waals surface area contributed by atoms with Gasteiger partial charge in [-0.25, -0.2) is 0 Å². The Morgan fingerprint density at radius 3 is 2.79 bits per heavy atom. The molecule has 0 amide bonds. The van der Waals surface area contributed by atoms with Crippen molar-refractivity contribution >= 4 is 55.9 Å². The first-order valence-corrected chi connectivity index (χ1v) is 6.13. The van der Waals surface area contributed by atoms with Gasteiger partial charge in [0.15, 0.2) is 5.78 Å². The highest BCUT2D eigenvalue weighted by Gasteiger charge is 2.11. The van der Waals surface area contributed by atoms with Crippen molar-refractivity contribution in [3.63, 3.8) is 0 Å². The SMILES string of the molecule is COc1cc(C(=O)CCl)cc(I)c1Br. The molecule has 0 atom stereocenters. The molecule has 1 aromatic carbocycles. The summed E-state index contributed by atoms with van der Waals surface area (Å²) in [6.07, 6.45) is 0. The van der Waals surface area contributed by atoms with Gasteiger partial charge in [-0.15, -0.1) is 11.6 Å². The molecule has 5 heteroatoms. The van der Waals surface area contributed by atoms with Crippen LogP contribution in [0, 0.1) is 3.57 Å². The predicted octanol–water partition coefficient (Wildman–Crippen LogP) is 3.48. The molecular weight excluding hydrogens is 382 g/mol. The number of hydrogen-bond donors (Lipinski definition) is 0. The molecule has 1 rings (SSSR count). The van der Waals surface area contributed by atoms with Crippen LogP contribution in [0.15, 0.2) is 16.6 Å². The maximum Gasteiger partial charge on any atom is 0.177 e. The summed E-state index contributed by atoms with van der Waals surface area (Å²) in [5.41, 5.74) is 0.574.